The minimum absolute atomic E-state index is 0.000404. The number of pyridine rings is 1. The summed E-state index contributed by atoms with van der Waals surface area (Å²) < 4.78 is 18.8. The maximum absolute atomic E-state index is 13.0. The van der Waals surface area contributed by atoms with Gasteiger partial charge in [0, 0.05) is 37.7 Å². The van der Waals surface area contributed by atoms with Crippen LogP contribution in [0.15, 0.2) is 24.5 Å². The van der Waals surface area contributed by atoms with Gasteiger partial charge in [0.2, 0.25) is 11.8 Å². The van der Waals surface area contributed by atoms with Crippen molar-refractivity contribution in [2.45, 2.75) is 25.4 Å². The van der Waals surface area contributed by atoms with Gasteiger partial charge in [0.05, 0.1) is 18.2 Å². The van der Waals surface area contributed by atoms with Gasteiger partial charge in [-0.05, 0) is 31.4 Å². The fraction of sp³-hybridized carbons (Fsp3) is 0.611. The van der Waals surface area contributed by atoms with E-state index < -0.39 is 11.6 Å². The summed E-state index contributed by atoms with van der Waals surface area (Å²) in [5.41, 5.74) is -0.587. The lowest BCUT2D eigenvalue weighted by atomic mass is 9.77. The Morgan fingerprint density at radius 1 is 1.48 bits per heavy atom. The molecule has 2 atom stereocenters. The van der Waals surface area contributed by atoms with E-state index in [1.165, 1.54) is 0 Å². The number of halogens is 1. The minimum Gasteiger partial charge on any atom is -0.492 e. The van der Waals surface area contributed by atoms with Gasteiger partial charge in [-0.3, -0.25) is 14.6 Å². The van der Waals surface area contributed by atoms with Crippen molar-refractivity contribution < 1.29 is 18.7 Å². The number of ether oxygens (including phenoxy) is 1. The molecule has 134 valence electrons. The fourth-order valence-corrected chi connectivity index (χ4v) is 4.17. The first-order chi connectivity index (χ1) is 12.1. The molecule has 1 aliphatic carbocycles. The number of amides is 2. The number of hydrogen-bond acceptors (Lipinski definition) is 4. The van der Waals surface area contributed by atoms with E-state index in [9.17, 15) is 14.0 Å². The van der Waals surface area contributed by atoms with Crippen LogP contribution in [0.1, 0.15) is 19.3 Å². The molecule has 6 nitrogen and oxygen atoms in total. The van der Waals surface area contributed by atoms with E-state index >= 15 is 0 Å². The first-order valence-corrected chi connectivity index (χ1v) is 8.82. The van der Waals surface area contributed by atoms with Gasteiger partial charge in [0.1, 0.15) is 11.9 Å². The largest absolute Gasteiger partial charge is 0.492 e. The number of nitrogens with one attached hydrogen (secondary N) is 1. The van der Waals surface area contributed by atoms with Crippen molar-refractivity contribution >= 4 is 11.8 Å². The zero-order chi connectivity index (χ0) is 17.4. The van der Waals surface area contributed by atoms with Crippen LogP contribution in [0.5, 0.6) is 5.75 Å². The highest BCUT2D eigenvalue weighted by atomic mass is 19.1. The molecule has 1 N–H and O–H groups in total. The molecule has 2 saturated heterocycles. The highest BCUT2D eigenvalue weighted by molar-refractivity contribution is 5.88. The van der Waals surface area contributed by atoms with Crippen LogP contribution in [-0.4, -0.2) is 54.1 Å². The van der Waals surface area contributed by atoms with Gasteiger partial charge < -0.3 is 15.0 Å². The van der Waals surface area contributed by atoms with Gasteiger partial charge in [-0.15, -0.1) is 0 Å². The molecular weight excluding hydrogens is 325 g/mol. The summed E-state index contributed by atoms with van der Waals surface area (Å²) >= 11 is 0. The Hall–Kier alpha value is -2.18. The van der Waals surface area contributed by atoms with Crippen molar-refractivity contribution in [2.24, 2.45) is 17.3 Å². The first-order valence-electron chi connectivity index (χ1n) is 8.82. The molecule has 1 aromatic rings. The molecule has 2 aliphatic heterocycles. The van der Waals surface area contributed by atoms with E-state index in [0.29, 0.717) is 51.3 Å². The Balaban J connectivity index is 1.42. The molecular formula is C18H22FN3O3. The predicted octanol–water partition coefficient (Wildman–Crippen LogP) is 1.17. The number of carbonyl (C=O) groups excluding carboxylic acids is 2. The Labute approximate surface area is 145 Å². The molecule has 7 heteroatoms. The Morgan fingerprint density at radius 3 is 3.04 bits per heavy atom. The SMILES string of the molecule is O=C(C1CC(F)C1)N1CC[C@]2(C1)C(=O)NC[C@H]2COc1cccnc1. The Bertz CT molecular complexity index is 665. The molecule has 0 radical (unpaired) electrons. The van der Waals surface area contributed by atoms with Crippen LogP contribution in [-0.2, 0) is 9.59 Å². The summed E-state index contributed by atoms with van der Waals surface area (Å²) in [4.78, 5) is 30.8. The van der Waals surface area contributed by atoms with E-state index in [2.05, 4.69) is 10.3 Å². The molecule has 3 aliphatic rings. The maximum atomic E-state index is 13.0. The lowest BCUT2D eigenvalue weighted by molar-refractivity contribution is -0.140. The Kier molecular flexibility index (Phi) is 4.09. The van der Waals surface area contributed by atoms with Crippen LogP contribution >= 0.6 is 0 Å². The van der Waals surface area contributed by atoms with Crippen LogP contribution in [0.4, 0.5) is 4.39 Å². The Morgan fingerprint density at radius 2 is 2.32 bits per heavy atom. The third-order valence-electron chi connectivity index (χ3n) is 5.87. The van der Waals surface area contributed by atoms with Crippen molar-refractivity contribution in [3.8, 4) is 5.75 Å². The van der Waals surface area contributed by atoms with Crippen LogP contribution in [0.25, 0.3) is 0 Å². The number of nitrogens with zero attached hydrogens (tertiary/aromatic N) is 2. The van der Waals surface area contributed by atoms with Gasteiger partial charge in [0.15, 0.2) is 0 Å². The number of alkyl halides is 1. The summed E-state index contributed by atoms with van der Waals surface area (Å²) in [6, 6.07) is 3.63. The van der Waals surface area contributed by atoms with Crippen molar-refractivity contribution in [3.05, 3.63) is 24.5 Å². The van der Waals surface area contributed by atoms with Crippen molar-refractivity contribution in [1.82, 2.24) is 15.2 Å². The number of hydrogen-bond donors (Lipinski definition) is 1. The fourth-order valence-electron chi connectivity index (χ4n) is 4.17. The maximum Gasteiger partial charge on any atom is 0.228 e. The van der Waals surface area contributed by atoms with Crippen molar-refractivity contribution in [1.29, 1.82) is 0 Å². The quantitative estimate of drug-likeness (QED) is 0.888. The lowest BCUT2D eigenvalue weighted by Crippen LogP contribution is -2.45. The summed E-state index contributed by atoms with van der Waals surface area (Å²) in [5.74, 6) is 0.469. The average Bonchev–Trinajstić information content (AvgIpc) is 3.17. The summed E-state index contributed by atoms with van der Waals surface area (Å²) in [7, 11) is 0. The zero-order valence-corrected chi connectivity index (χ0v) is 14.0. The molecule has 0 unspecified atom stereocenters. The normalized spacial score (nSPS) is 34.0. The van der Waals surface area contributed by atoms with Crippen LogP contribution in [0.2, 0.25) is 0 Å². The minimum atomic E-state index is -0.846. The first kappa shape index (κ1) is 16.3. The van der Waals surface area contributed by atoms with E-state index in [0.717, 1.165) is 0 Å². The second-order valence-corrected chi connectivity index (χ2v) is 7.34. The molecule has 1 aromatic heterocycles. The van der Waals surface area contributed by atoms with Crippen LogP contribution in [0.3, 0.4) is 0 Å². The molecule has 3 fully saturated rings. The average molecular weight is 347 g/mol. The van der Waals surface area contributed by atoms with E-state index in [1.54, 1.807) is 23.4 Å². The molecule has 4 rings (SSSR count). The van der Waals surface area contributed by atoms with E-state index in [-0.39, 0.29) is 23.7 Å². The third-order valence-corrected chi connectivity index (χ3v) is 5.87. The molecule has 2 amide bonds. The molecule has 1 saturated carbocycles. The van der Waals surface area contributed by atoms with Gasteiger partial charge in [-0.2, -0.15) is 0 Å². The van der Waals surface area contributed by atoms with Crippen molar-refractivity contribution in [3.63, 3.8) is 0 Å². The second-order valence-electron chi connectivity index (χ2n) is 7.34. The topological polar surface area (TPSA) is 71.5 Å². The van der Waals surface area contributed by atoms with E-state index in [1.807, 2.05) is 6.07 Å². The highest BCUT2D eigenvalue weighted by Gasteiger charge is 2.55. The van der Waals surface area contributed by atoms with Crippen molar-refractivity contribution in [2.75, 3.05) is 26.2 Å². The van der Waals surface area contributed by atoms with Gasteiger partial charge in [-0.1, -0.05) is 0 Å². The number of likely N-dealkylation sites (tertiary alicyclic amines) is 1. The van der Waals surface area contributed by atoms with Crippen LogP contribution < -0.4 is 10.1 Å². The van der Waals surface area contributed by atoms with Gasteiger partial charge in [-0.25, -0.2) is 4.39 Å². The second kappa shape index (κ2) is 6.28. The smallest absolute Gasteiger partial charge is 0.228 e. The monoisotopic (exact) mass is 347 g/mol. The van der Waals surface area contributed by atoms with E-state index in [4.69, 9.17) is 4.74 Å². The molecule has 1 spiro atoms. The van der Waals surface area contributed by atoms with Gasteiger partial charge in [0.25, 0.3) is 0 Å². The summed E-state index contributed by atoms with van der Waals surface area (Å²) in [6.45, 7) is 1.93. The molecule has 25 heavy (non-hydrogen) atoms. The number of rotatable bonds is 4. The third kappa shape index (κ3) is 2.85. The zero-order valence-electron chi connectivity index (χ0n) is 14.0. The lowest BCUT2D eigenvalue weighted by Gasteiger charge is -2.33. The molecule has 0 aromatic carbocycles. The van der Waals surface area contributed by atoms with Crippen LogP contribution in [0, 0.1) is 17.3 Å². The summed E-state index contributed by atoms with van der Waals surface area (Å²) in [5, 5.41) is 2.93. The number of carbonyl (C=O) groups is 2. The molecule has 3 heterocycles. The predicted molar refractivity (Wildman–Crippen MR) is 87.5 cm³/mol. The van der Waals surface area contributed by atoms with Gasteiger partial charge >= 0.3 is 0 Å². The molecule has 0 bridgehead atoms. The number of aromatic nitrogens is 1. The summed E-state index contributed by atoms with van der Waals surface area (Å²) in [6.07, 6.45) is 3.76. The standard InChI is InChI=1S/C18H22FN3O3/c19-14-6-12(7-14)16(23)22-5-3-18(11-22)13(8-21-17(18)24)10-25-15-2-1-4-20-9-15/h1-2,4,9,12-14H,3,5-8,10-11H2,(H,21,24)/t12?,13-,14?,18+/m0/s1. The highest BCUT2D eigenvalue weighted by Crippen LogP contribution is 2.43.